The maximum atomic E-state index is 4.71. The van der Waals surface area contributed by atoms with E-state index in [2.05, 4.69) is 9.97 Å². The zero-order chi connectivity index (χ0) is 7.72. The van der Waals surface area contributed by atoms with Gasteiger partial charge in [-0.1, -0.05) is 20.1 Å². The lowest BCUT2D eigenvalue weighted by molar-refractivity contribution is 0.773. The Hall–Kier alpha value is -0.0400. The minimum Gasteiger partial charge on any atom is -0.760 e. The van der Waals surface area contributed by atoms with E-state index >= 15 is 0 Å². The van der Waals surface area contributed by atoms with Crippen LogP contribution in [0.15, 0.2) is 20.1 Å². The van der Waals surface area contributed by atoms with Gasteiger partial charge in [0.25, 0.3) is 0 Å². The molecule has 1 aromatic heterocycles. The Morgan fingerprint density at radius 3 is 1.00 bits per heavy atom. The van der Waals surface area contributed by atoms with Crippen LogP contribution in [-0.2, 0) is 50.5 Å². The van der Waals surface area contributed by atoms with E-state index in [1.54, 1.807) is 0 Å². The second-order valence-corrected chi connectivity index (χ2v) is 2.99. The normalized spacial score (nSPS) is 9.60. The highest BCUT2D eigenvalue weighted by Gasteiger charge is 1.77. The summed E-state index contributed by atoms with van der Waals surface area (Å²) in [5, 5.41) is 1.03. The second kappa shape index (κ2) is 2.91. The Morgan fingerprint density at radius 1 is 0.600 bits per heavy atom. The van der Waals surface area contributed by atoms with Gasteiger partial charge in [-0.25, -0.2) is 0 Å². The van der Waals surface area contributed by atoms with Gasteiger partial charge in [0.2, 0.25) is 0 Å². The molecule has 0 saturated carbocycles. The summed E-state index contributed by atoms with van der Waals surface area (Å²) in [5.74, 6) is 0. The van der Waals surface area contributed by atoms with Crippen LogP contribution in [0.25, 0.3) is 0 Å². The zero-order valence-corrected chi connectivity index (χ0v) is 7.79. The van der Waals surface area contributed by atoms with Gasteiger partial charge in [-0.05, 0) is 0 Å². The van der Waals surface area contributed by atoms with Crippen molar-refractivity contribution in [2.45, 2.75) is 20.1 Å². The van der Waals surface area contributed by atoms with Gasteiger partial charge in [0.15, 0.2) is 0 Å². The van der Waals surface area contributed by atoms with Crippen molar-refractivity contribution in [2.75, 3.05) is 0 Å². The first-order chi connectivity index (χ1) is 4.61. The number of rotatable bonds is 0. The van der Waals surface area contributed by atoms with Crippen molar-refractivity contribution in [1.82, 2.24) is 9.97 Å². The molecule has 0 unspecified atom stereocenters. The number of hydrogen-bond donors (Lipinski definition) is 0. The van der Waals surface area contributed by atoms with Crippen LogP contribution in [0.5, 0.6) is 0 Å². The highest BCUT2D eigenvalue weighted by molar-refractivity contribution is 7.63. The Bertz CT molecular complexity index is 211. The highest BCUT2D eigenvalue weighted by atomic mass is 32.1. The summed E-state index contributed by atoms with van der Waals surface area (Å²) in [6.07, 6.45) is 0. The van der Waals surface area contributed by atoms with Crippen molar-refractivity contribution in [3.8, 4) is 0 Å². The first kappa shape index (κ1) is 8.06. The predicted molar refractivity (Wildman–Crippen MR) is 44.6 cm³/mol. The fourth-order valence-corrected chi connectivity index (χ4v) is 1.04. The lowest BCUT2D eigenvalue weighted by Crippen LogP contribution is -1.95. The van der Waals surface area contributed by atoms with E-state index in [0.29, 0.717) is 0 Å². The van der Waals surface area contributed by atoms with E-state index in [1.807, 2.05) is 0 Å². The SMILES string of the molecule is [S-]c1nc([S-])c([S-])nc1[S-]. The van der Waals surface area contributed by atoms with Crippen LogP contribution in [0, 0.1) is 0 Å². The lowest BCUT2D eigenvalue weighted by Gasteiger charge is -2.25. The first-order valence-corrected chi connectivity index (χ1v) is 3.84. The van der Waals surface area contributed by atoms with Gasteiger partial charge >= 0.3 is 0 Å². The molecule has 0 radical (unpaired) electrons. The molecule has 6 heteroatoms. The molecular weight excluding hydrogens is 204 g/mol. The van der Waals surface area contributed by atoms with Crippen LogP contribution in [-0.4, -0.2) is 9.97 Å². The van der Waals surface area contributed by atoms with Crippen molar-refractivity contribution >= 4 is 50.5 Å². The second-order valence-electron chi connectivity index (χ2n) is 1.44. The van der Waals surface area contributed by atoms with Crippen molar-refractivity contribution in [3.63, 3.8) is 0 Å². The largest absolute Gasteiger partial charge is 0.760 e. The summed E-state index contributed by atoms with van der Waals surface area (Å²) >= 11 is 18.8. The van der Waals surface area contributed by atoms with E-state index in [0.717, 1.165) is 0 Å². The molecule has 1 aromatic rings. The van der Waals surface area contributed by atoms with Gasteiger partial charge in [0, 0.05) is 0 Å². The maximum Gasteiger partial charge on any atom is -0.0868 e. The van der Waals surface area contributed by atoms with Crippen LogP contribution in [0.1, 0.15) is 0 Å². The smallest absolute Gasteiger partial charge is 0.0868 e. The average molecular weight is 204 g/mol. The Kier molecular flexibility index (Phi) is 2.35. The molecular formula is C4N2S4-4. The fourth-order valence-electron chi connectivity index (χ4n) is 0.376. The fraction of sp³-hybridized carbons (Fsp3) is 0. The highest BCUT2D eigenvalue weighted by Crippen LogP contribution is 2.06. The molecule has 0 saturated heterocycles. The van der Waals surface area contributed by atoms with Crippen LogP contribution in [0.3, 0.4) is 0 Å². The number of aromatic nitrogens is 2. The van der Waals surface area contributed by atoms with Crippen molar-refractivity contribution in [2.24, 2.45) is 0 Å². The summed E-state index contributed by atoms with van der Waals surface area (Å²) in [7, 11) is 0. The van der Waals surface area contributed by atoms with Crippen LogP contribution in [0.2, 0.25) is 0 Å². The first-order valence-electron chi connectivity index (χ1n) is 2.21. The van der Waals surface area contributed by atoms with Crippen molar-refractivity contribution in [1.29, 1.82) is 0 Å². The van der Waals surface area contributed by atoms with Gasteiger partial charge in [0.1, 0.15) is 0 Å². The number of hydrogen-bond acceptors (Lipinski definition) is 6. The molecule has 1 rings (SSSR count). The summed E-state index contributed by atoms with van der Waals surface area (Å²) < 4.78 is 0. The Labute approximate surface area is 80.5 Å². The molecule has 0 bridgehead atoms. The summed E-state index contributed by atoms with van der Waals surface area (Å²) in [4.78, 5) is 7.46. The summed E-state index contributed by atoms with van der Waals surface area (Å²) in [6.45, 7) is 0. The van der Waals surface area contributed by atoms with Crippen LogP contribution >= 0.6 is 0 Å². The van der Waals surface area contributed by atoms with Gasteiger partial charge in [-0.15, -0.1) is 0 Å². The minimum absolute atomic E-state index is 0.258. The lowest BCUT2D eigenvalue weighted by atomic mass is 10.7. The molecule has 0 aliphatic carbocycles. The maximum absolute atomic E-state index is 4.71. The van der Waals surface area contributed by atoms with Crippen molar-refractivity contribution in [3.05, 3.63) is 0 Å². The molecule has 0 amide bonds. The third-order valence-corrected chi connectivity index (χ3v) is 2.17. The molecule has 0 aromatic carbocycles. The third kappa shape index (κ3) is 1.51. The molecule has 0 aliphatic heterocycles. The molecule has 0 spiro atoms. The molecule has 0 atom stereocenters. The van der Waals surface area contributed by atoms with Crippen LogP contribution in [0.4, 0.5) is 0 Å². The predicted octanol–water partition coefficient (Wildman–Crippen LogP) is 0.0998. The molecule has 0 N–H and O–H groups in total. The topological polar surface area (TPSA) is 25.8 Å². The standard InChI is InChI=1S/C4H4N2S4/c7-1-2(8)6-4(10)3(9)5-1/h(H2,5,7,9)(H2,6,8,10)/p-4. The van der Waals surface area contributed by atoms with Gasteiger partial charge < -0.3 is 60.5 Å². The van der Waals surface area contributed by atoms with E-state index in [1.165, 1.54) is 0 Å². The van der Waals surface area contributed by atoms with Gasteiger partial charge in [-0.3, -0.25) is 0 Å². The molecule has 0 fully saturated rings. The average Bonchev–Trinajstić information content (AvgIpc) is 1.84. The molecule has 2 nitrogen and oxygen atoms in total. The summed E-state index contributed by atoms with van der Waals surface area (Å²) in [6, 6.07) is 0. The quantitative estimate of drug-likeness (QED) is 0.556. The zero-order valence-electron chi connectivity index (χ0n) is 4.53. The number of nitrogens with zero attached hydrogens (tertiary/aromatic N) is 2. The van der Waals surface area contributed by atoms with Gasteiger partial charge in [-0.2, -0.15) is 0 Å². The van der Waals surface area contributed by atoms with Crippen molar-refractivity contribution < 1.29 is 0 Å². The van der Waals surface area contributed by atoms with E-state index in [9.17, 15) is 0 Å². The van der Waals surface area contributed by atoms with Crippen LogP contribution < -0.4 is 0 Å². The molecule has 0 aliphatic rings. The van der Waals surface area contributed by atoms with E-state index < -0.39 is 0 Å². The van der Waals surface area contributed by atoms with Gasteiger partial charge in [0.05, 0.1) is 0 Å². The molecule has 10 heavy (non-hydrogen) atoms. The summed E-state index contributed by atoms with van der Waals surface area (Å²) in [5.41, 5.74) is 0. The third-order valence-electron chi connectivity index (χ3n) is 0.772. The van der Waals surface area contributed by atoms with E-state index in [4.69, 9.17) is 50.5 Å². The Morgan fingerprint density at radius 2 is 0.800 bits per heavy atom. The minimum atomic E-state index is 0.258. The molecule has 54 valence electrons. The molecule has 1 heterocycles. The van der Waals surface area contributed by atoms with E-state index in [-0.39, 0.29) is 20.1 Å². The monoisotopic (exact) mass is 204 g/mol. The Balaban J connectivity index is 3.28.